The molecule has 1 aromatic carbocycles. The Kier molecular flexibility index (Phi) is 8.99. The van der Waals surface area contributed by atoms with E-state index >= 15 is 0 Å². The first-order valence-corrected chi connectivity index (χ1v) is 11.1. The molecule has 190 valence electrons. The van der Waals surface area contributed by atoms with Crippen molar-refractivity contribution in [3.05, 3.63) is 28.8 Å². The number of carbonyl (C=O) groups is 2. The van der Waals surface area contributed by atoms with E-state index in [1.807, 2.05) is 0 Å². The van der Waals surface area contributed by atoms with Crippen LogP contribution >= 0.6 is 11.6 Å². The van der Waals surface area contributed by atoms with Crippen molar-refractivity contribution in [3.63, 3.8) is 0 Å². The summed E-state index contributed by atoms with van der Waals surface area (Å²) in [4.78, 5) is 24.1. The van der Waals surface area contributed by atoms with E-state index in [0.717, 1.165) is 0 Å². The topological polar surface area (TPSA) is 126 Å². The molecule has 0 saturated heterocycles. The van der Waals surface area contributed by atoms with E-state index in [1.54, 1.807) is 18.2 Å². The molecule has 0 spiro atoms. The van der Waals surface area contributed by atoms with E-state index in [0.29, 0.717) is 16.3 Å². The van der Waals surface area contributed by atoms with Gasteiger partial charge in [0.1, 0.15) is 12.4 Å². The summed E-state index contributed by atoms with van der Waals surface area (Å²) in [5.74, 6) is -0.595. The van der Waals surface area contributed by atoms with E-state index in [-0.39, 0.29) is 45.4 Å². The smallest absolute Gasteiger partial charge is 0.480 e. The van der Waals surface area contributed by atoms with E-state index in [9.17, 15) is 33.0 Å². The molecule has 9 nitrogen and oxygen atoms in total. The fourth-order valence-corrected chi connectivity index (χ4v) is 3.75. The number of fused-ring (bicyclic) bond motifs is 1. The molecule has 0 radical (unpaired) electrons. The van der Waals surface area contributed by atoms with E-state index in [1.165, 1.54) is 0 Å². The summed E-state index contributed by atoms with van der Waals surface area (Å²) in [6, 6.07) is 4.75. The largest absolute Gasteiger partial charge is 0.522 e. The number of alkyl halides is 3. The number of rotatable bonds is 10. The van der Waals surface area contributed by atoms with Crippen molar-refractivity contribution in [2.24, 2.45) is 0 Å². The first-order valence-electron chi connectivity index (χ1n) is 10.7. The lowest BCUT2D eigenvalue weighted by molar-refractivity contribution is -0.357. The lowest BCUT2D eigenvalue weighted by Crippen LogP contribution is -2.44. The number of aliphatic hydroxyl groups excluding tert-OH is 2. The Balaban J connectivity index is 1.26. The Bertz CT molecular complexity index is 867. The summed E-state index contributed by atoms with van der Waals surface area (Å²) in [7, 11) is 0. The van der Waals surface area contributed by atoms with Gasteiger partial charge in [-0.1, -0.05) is 11.6 Å². The molecular formula is C21H26ClF3N2O7. The molecule has 1 aliphatic carbocycles. The maximum atomic E-state index is 12.3. The molecule has 0 bridgehead atoms. The van der Waals surface area contributed by atoms with Crippen LogP contribution in [0, 0.1) is 0 Å². The van der Waals surface area contributed by atoms with Gasteiger partial charge < -0.3 is 30.3 Å². The minimum atomic E-state index is -4.69. The Morgan fingerprint density at radius 3 is 2.65 bits per heavy atom. The number of ether oxygens (including phenoxy) is 3. The van der Waals surface area contributed by atoms with Crippen LogP contribution in [-0.2, 0) is 19.1 Å². The van der Waals surface area contributed by atoms with E-state index < -0.39 is 48.7 Å². The van der Waals surface area contributed by atoms with Gasteiger partial charge in [0, 0.05) is 42.9 Å². The minimum Gasteiger partial charge on any atom is -0.480 e. The zero-order valence-electron chi connectivity index (χ0n) is 18.0. The van der Waals surface area contributed by atoms with E-state index in [4.69, 9.17) is 21.1 Å². The molecule has 2 aliphatic rings. The highest BCUT2D eigenvalue weighted by Gasteiger charge is 2.40. The number of halogens is 4. The van der Waals surface area contributed by atoms with Gasteiger partial charge in [0.05, 0.1) is 24.4 Å². The number of nitrogens with one attached hydrogen (secondary N) is 2. The first-order chi connectivity index (χ1) is 16.0. The third-order valence-electron chi connectivity index (χ3n) is 5.44. The molecule has 3 rings (SSSR count). The summed E-state index contributed by atoms with van der Waals surface area (Å²) in [6.45, 7) is -0.325. The van der Waals surface area contributed by atoms with Gasteiger partial charge in [-0.2, -0.15) is 0 Å². The van der Waals surface area contributed by atoms with Crippen molar-refractivity contribution in [2.75, 3.05) is 19.7 Å². The summed E-state index contributed by atoms with van der Waals surface area (Å²) in [6.07, 6.45) is -8.56. The van der Waals surface area contributed by atoms with Crippen LogP contribution in [-0.4, -0.2) is 72.5 Å². The highest BCUT2D eigenvalue weighted by atomic mass is 35.5. The van der Waals surface area contributed by atoms with Gasteiger partial charge in [-0.05, 0) is 24.6 Å². The van der Waals surface area contributed by atoms with Gasteiger partial charge in [0.25, 0.3) is 5.91 Å². The zero-order valence-corrected chi connectivity index (χ0v) is 18.8. The van der Waals surface area contributed by atoms with Crippen molar-refractivity contribution in [3.8, 4) is 5.75 Å². The number of benzene rings is 1. The second-order valence-corrected chi connectivity index (χ2v) is 8.60. The molecule has 13 heteroatoms. The maximum absolute atomic E-state index is 12.3. The van der Waals surface area contributed by atoms with Crippen molar-refractivity contribution >= 4 is 23.4 Å². The maximum Gasteiger partial charge on any atom is 0.522 e. The molecular weight excluding hydrogens is 485 g/mol. The van der Waals surface area contributed by atoms with Gasteiger partial charge in [0.2, 0.25) is 5.91 Å². The van der Waals surface area contributed by atoms with Gasteiger partial charge >= 0.3 is 6.36 Å². The third-order valence-corrected chi connectivity index (χ3v) is 5.68. The Labute approximate surface area is 198 Å². The lowest BCUT2D eigenvalue weighted by atomic mass is 9.92. The summed E-state index contributed by atoms with van der Waals surface area (Å²) in [5, 5.41) is 25.7. The molecule has 2 amide bonds. The number of hydrogen-bond donors (Lipinski definition) is 4. The predicted molar refractivity (Wildman–Crippen MR) is 112 cm³/mol. The zero-order chi connectivity index (χ0) is 24.9. The molecule has 1 fully saturated rings. The van der Waals surface area contributed by atoms with Gasteiger partial charge in [0.15, 0.2) is 6.10 Å². The number of hydrogen-bond acceptors (Lipinski definition) is 7. The molecule has 1 heterocycles. The third kappa shape index (κ3) is 7.98. The van der Waals surface area contributed by atoms with Crippen LogP contribution in [0.4, 0.5) is 13.2 Å². The molecule has 3 atom stereocenters. The van der Waals surface area contributed by atoms with Crippen molar-refractivity contribution < 1.29 is 47.2 Å². The number of amides is 2. The van der Waals surface area contributed by atoms with Gasteiger partial charge in [-0.25, -0.2) is 0 Å². The van der Waals surface area contributed by atoms with Crippen LogP contribution in [0.1, 0.15) is 37.4 Å². The van der Waals surface area contributed by atoms with Gasteiger partial charge in [-0.3, -0.25) is 14.3 Å². The predicted octanol–water partition coefficient (Wildman–Crippen LogP) is 1.59. The number of aliphatic hydroxyl groups is 2. The standard InChI is InChI=1S/C21H26ClF3N2O7/c22-11-1-2-17-15(5-11)16(29)8-18(33-17)20(31)26-4-3-12(28)9-27-19(30)10-32-13-6-14(7-13)34-21(23,24)25/h1-2,5,12-14,16,18,28-29H,3-4,6-10H2,(H,26,31)(H,27,30)/t12-,13-,14+,16-,18-/m0/s1. The van der Waals surface area contributed by atoms with Crippen LogP contribution in [0.15, 0.2) is 18.2 Å². The molecule has 1 aromatic rings. The Hall–Kier alpha value is -2.12. The molecule has 1 aliphatic heterocycles. The fraction of sp³-hybridized carbons (Fsp3) is 0.619. The molecule has 0 aromatic heterocycles. The highest BCUT2D eigenvalue weighted by molar-refractivity contribution is 6.30. The fourth-order valence-electron chi connectivity index (χ4n) is 3.57. The lowest BCUT2D eigenvalue weighted by Gasteiger charge is -2.34. The highest BCUT2D eigenvalue weighted by Crippen LogP contribution is 2.36. The molecule has 4 N–H and O–H groups in total. The van der Waals surface area contributed by atoms with Crippen LogP contribution < -0.4 is 15.4 Å². The van der Waals surface area contributed by atoms with Crippen LogP contribution in [0.25, 0.3) is 0 Å². The average Bonchev–Trinajstić information content (AvgIpc) is 2.73. The van der Waals surface area contributed by atoms with Crippen LogP contribution in [0.5, 0.6) is 5.75 Å². The Morgan fingerprint density at radius 2 is 1.94 bits per heavy atom. The summed E-state index contributed by atoms with van der Waals surface area (Å²) in [5.41, 5.74) is 0.512. The summed E-state index contributed by atoms with van der Waals surface area (Å²) >= 11 is 5.91. The molecule has 34 heavy (non-hydrogen) atoms. The number of carbonyl (C=O) groups excluding carboxylic acids is 2. The second kappa shape index (κ2) is 11.5. The first kappa shape index (κ1) is 26.5. The minimum absolute atomic E-state index is 0.0518. The Morgan fingerprint density at radius 1 is 1.21 bits per heavy atom. The van der Waals surface area contributed by atoms with E-state index in [2.05, 4.69) is 15.4 Å². The van der Waals surface area contributed by atoms with Gasteiger partial charge in [-0.15, -0.1) is 13.2 Å². The SMILES string of the molecule is O=C(CO[C@H]1C[C@@H](OC(F)(F)F)C1)NC[C@@H](O)CCNC(=O)[C@@H]1C[C@H](O)c2cc(Cl)ccc2O1. The van der Waals surface area contributed by atoms with Crippen molar-refractivity contribution in [2.45, 2.75) is 62.6 Å². The normalized spacial score (nSPS) is 24.9. The second-order valence-electron chi connectivity index (χ2n) is 8.17. The molecule has 1 saturated carbocycles. The molecule has 0 unspecified atom stereocenters. The monoisotopic (exact) mass is 510 g/mol. The quantitative estimate of drug-likeness (QED) is 0.376. The average molecular weight is 511 g/mol. The van der Waals surface area contributed by atoms with Crippen LogP contribution in [0.2, 0.25) is 5.02 Å². The van der Waals surface area contributed by atoms with Crippen LogP contribution in [0.3, 0.4) is 0 Å². The van der Waals surface area contributed by atoms with Crippen molar-refractivity contribution in [1.29, 1.82) is 0 Å². The summed E-state index contributed by atoms with van der Waals surface area (Å²) < 4.78 is 50.8. The van der Waals surface area contributed by atoms with Crippen molar-refractivity contribution in [1.82, 2.24) is 10.6 Å².